The second-order valence-corrected chi connectivity index (χ2v) is 13.0. The Morgan fingerprint density at radius 2 is 1.07 bits per heavy atom. The number of hydrogen-bond donors (Lipinski definition) is 2. The SMILES string of the molecule is CCCCCCCCCCCC(CCCCCC)OC(=O)OCCCCCCCCNCCCNC(=O)OC(C)(C)C. The zero-order valence-electron chi connectivity index (χ0n) is 28.5. The molecule has 250 valence electrons. The van der Waals surface area contributed by atoms with Crippen LogP contribution in [0.2, 0.25) is 0 Å². The van der Waals surface area contributed by atoms with Gasteiger partial charge in [-0.25, -0.2) is 9.59 Å². The lowest BCUT2D eigenvalue weighted by atomic mass is 10.0. The Hall–Kier alpha value is -1.50. The van der Waals surface area contributed by atoms with E-state index in [1.807, 2.05) is 20.8 Å². The Bertz CT molecular complexity index is 609. The molecular formula is C35H70N2O5. The van der Waals surface area contributed by atoms with Gasteiger partial charge in [-0.3, -0.25) is 0 Å². The molecule has 0 aromatic carbocycles. The number of amides is 1. The Balaban J connectivity index is 3.75. The molecule has 0 aliphatic rings. The van der Waals surface area contributed by atoms with Crippen molar-refractivity contribution >= 4 is 12.2 Å². The largest absolute Gasteiger partial charge is 0.508 e. The van der Waals surface area contributed by atoms with Gasteiger partial charge < -0.3 is 24.8 Å². The van der Waals surface area contributed by atoms with Crippen molar-refractivity contribution in [1.29, 1.82) is 0 Å². The van der Waals surface area contributed by atoms with E-state index in [-0.39, 0.29) is 12.2 Å². The van der Waals surface area contributed by atoms with Gasteiger partial charge in [0.15, 0.2) is 0 Å². The molecule has 2 N–H and O–H groups in total. The van der Waals surface area contributed by atoms with Crippen LogP contribution in [0.5, 0.6) is 0 Å². The van der Waals surface area contributed by atoms with Gasteiger partial charge in [0.05, 0.1) is 6.61 Å². The molecule has 0 aromatic heterocycles. The van der Waals surface area contributed by atoms with E-state index >= 15 is 0 Å². The summed E-state index contributed by atoms with van der Waals surface area (Å²) in [6.07, 6.45) is 25.3. The molecule has 0 aliphatic heterocycles. The van der Waals surface area contributed by atoms with Gasteiger partial charge in [0.2, 0.25) is 0 Å². The monoisotopic (exact) mass is 599 g/mol. The number of alkyl carbamates (subject to hydrolysis) is 1. The van der Waals surface area contributed by atoms with Crippen LogP contribution in [0.25, 0.3) is 0 Å². The normalized spacial score (nSPS) is 12.2. The summed E-state index contributed by atoms with van der Waals surface area (Å²) in [4.78, 5) is 23.9. The summed E-state index contributed by atoms with van der Waals surface area (Å²) in [6.45, 7) is 13.1. The highest BCUT2D eigenvalue weighted by Gasteiger charge is 2.16. The van der Waals surface area contributed by atoms with Crippen LogP contribution in [-0.4, -0.2) is 50.2 Å². The molecule has 42 heavy (non-hydrogen) atoms. The van der Waals surface area contributed by atoms with Gasteiger partial charge in [-0.15, -0.1) is 0 Å². The van der Waals surface area contributed by atoms with Gasteiger partial charge in [-0.1, -0.05) is 110 Å². The first-order chi connectivity index (χ1) is 20.3. The fourth-order valence-corrected chi connectivity index (χ4v) is 4.97. The average molecular weight is 599 g/mol. The summed E-state index contributed by atoms with van der Waals surface area (Å²) in [6, 6.07) is 0. The molecule has 0 aromatic rings. The number of nitrogens with one attached hydrogen (secondary N) is 2. The fourth-order valence-electron chi connectivity index (χ4n) is 4.97. The molecule has 1 atom stereocenters. The summed E-state index contributed by atoms with van der Waals surface area (Å²) in [7, 11) is 0. The number of ether oxygens (including phenoxy) is 3. The van der Waals surface area contributed by atoms with E-state index in [1.165, 1.54) is 83.5 Å². The molecule has 0 radical (unpaired) electrons. The highest BCUT2D eigenvalue weighted by atomic mass is 16.7. The molecule has 1 unspecified atom stereocenters. The zero-order chi connectivity index (χ0) is 31.2. The molecule has 7 nitrogen and oxygen atoms in total. The zero-order valence-corrected chi connectivity index (χ0v) is 28.5. The van der Waals surface area contributed by atoms with Gasteiger partial charge in [-0.2, -0.15) is 0 Å². The predicted octanol–water partition coefficient (Wildman–Crippen LogP) is 10.2. The third-order valence-electron chi connectivity index (χ3n) is 7.44. The van der Waals surface area contributed by atoms with Crippen LogP contribution >= 0.6 is 0 Å². The number of unbranched alkanes of at least 4 members (excludes halogenated alkanes) is 16. The maximum atomic E-state index is 12.3. The molecule has 0 spiro atoms. The summed E-state index contributed by atoms with van der Waals surface area (Å²) in [5.74, 6) is 0. The van der Waals surface area contributed by atoms with Gasteiger partial charge in [0, 0.05) is 6.54 Å². The molecule has 0 aliphatic carbocycles. The van der Waals surface area contributed by atoms with Crippen LogP contribution in [-0.2, 0) is 14.2 Å². The van der Waals surface area contributed by atoms with Crippen LogP contribution < -0.4 is 10.6 Å². The lowest BCUT2D eigenvalue weighted by molar-refractivity contribution is 0.0154. The molecular weight excluding hydrogens is 528 g/mol. The van der Waals surface area contributed by atoms with Crippen LogP contribution in [0.15, 0.2) is 0 Å². The highest BCUT2D eigenvalue weighted by Crippen LogP contribution is 2.17. The molecule has 0 bridgehead atoms. The van der Waals surface area contributed by atoms with Crippen molar-refractivity contribution in [2.24, 2.45) is 0 Å². The van der Waals surface area contributed by atoms with Crippen LogP contribution in [0.4, 0.5) is 9.59 Å². The van der Waals surface area contributed by atoms with E-state index in [0.717, 1.165) is 70.9 Å². The quantitative estimate of drug-likeness (QED) is 0.0658. The van der Waals surface area contributed by atoms with Gasteiger partial charge in [0.25, 0.3) is 0 Å². The van der Waals surface area contributed by atoms with E-state index < -0.39 is 11.8 Å². The molecule has 0 saturated carbocycles. The fraction of sp³-hybridized carbons (Fsp3) is 0.943. The first-order valence-electron chi connectivity index (χ1n) is 17.8. The van der Waals surface area contributed by atoms with E-state index in [9.17, 15) is 9.59 Å². The maximum Gasteiger partial charge on any atom is 0.508 e. The topological polar surface area (TPSA) is 85.9 Å². The molecule has 0 saturated heterocycles. The van der Waals surface area contributed by atoms with E-state index in [4.69, 9.17) is 14.2 Å². The highest BCUT2D eigenvalue weighted by molar-refractivity contribution is 5.67. The molecule has 1 amide bonds. The van der Waals surface area contributed by atoms with Crippen molar-refractivity contribution in [3.05, 3.63) is 0 Å². The van der Waals surface area contributed by atoms with Crippen molar-refractivity contribution in [3.63, 3.8) is 0 Å². The number of carbonyl (C=O) groups excluding carboxylic acids is 2. The first kappa shape index (κ1) is 40.5. The number of hydrogen-bond acceptors (Lipinski definition) is 6. The minimum atomic E-state index is -0.473. The second kappa shape index (κ2) is 29.6. The third-order valence-corrected chi connectivity index (χ3v) is 7.44. The number of carbonyl (C=O) groups is 2. The van der Waals surface area contributed by atoms with Crippen molar-refractivity contribution in [2.75, 3.05) is 26.2 Å². The average Bonchev–Trinajstić information content (AvgIpc) is 2.93. The van der Waals surface area contributed by atoms with Crippen LogP contribution in [0.3, 0.4) is 0 Å². The smallest absolute Gasteiger partial charge is 0.444 e. The van der Waals surface area contributed by atoms with Gasteiger partial charge in [0.1, 0.15) is 11.7 Å². The van der Waals surface area contributed by atoms with E-state index in [1.54, 1.807) is 0 Å². The Morgan fingerprint density at radius 1 is 0.595 bits per heavy atom. The van der Waals surface area contributed by atoms with Crippen LogP contribution in [0.1, 0.15) is 176 Å². The molecule has 7 heteroatoms. The molecule has 0 rings (SSSR count). The van der Waals surface area contributed by atoms with Gasteiger partial charge in [-0.05, 0) is 78.8 Å². The lowest BCUT2D eigenvalue weighted by Gasteiger charge is -2.19. The third kappa shape index (κ3) is 31.4. The molecule has 0 fully saturated rings. The lowest BCUT2D eigenvalue weighted by Crippen LogP contribution is -2.34. The minimum Gasteiger partial charge on any atom is -0.444 e. The van der Waals surface area contributed by atoms with Crippen molar-refractivity contribution in [2.45, 2.75) is 188 Å². The Labute approximate surface area is 260 Å². The number of rotatable bonds is 29. The van der Waals surface area contributed by atoms with E-state index in [0.29, 0.717) is 13.2 Å². The predicted molar refractivity (Wildman–Crippen MR) is 176 cm³/mol. The summed E-state index contributed by atoms with van der Waals surface area (Å²) < 4.78 is 16.4. The first-order valence-corrected chi connectivity index (χ1v) is 17.8. The maximum absolute atomic E-state index is 12.3. The Kier molecular flexibility index (Phi) is 28.5. The second-order valence-electron chi connectivity index (χ2n) is 13.0. The summed E-state index contributed by atoms with van der Waals surface area (Å²) in [5, 5.41) is 6.21. The van der Waals surface area contributed by atoms with Crippen molar-refractivity contribution in [1.82, 2.24) is 10.6 Å². The van der Waals surface area contributed by atoms with Gasteiger partial charge >= 0.3 is 12.2 Å². The van der Waals surface area contributed by atoms with Crippen molar-refractivity contribution < 1.29 is 23.8 Å². The Morgan fingerprint density at radius 3 is 1.64 bits per heavy atom. The van der Waals surface area contributed by atoms with E-state index in [2.05, 4.69) is 24.5 Å². The molecule has 0 heterocycles. The minimum absolute atomic E-state index is 0.00811. The summed E-state index contributed by atoms with van der Waals surface area (Å²) >= 11 is 0. The van der Waals surface area contributed by atoms with Crippen molar-refractivity contribution in [3.8, 4) is 0 Å². The summed E-state index contributed by atoms with van der Waals surface area (Å²) in [5.41, 5.74) is -0.454. The standard InChI is InChI=1S/C35H70N2O5/c1-6-8-10-12-13-14-15-18-22-27-32(26-21-11-9-7-2)41-34(39)40-31-24-20-17-16-19-23-28-36-29-25-30-37-33(38)42-35(3,4)5/h32,36H,6-31H2,1-5H3,(H,37,38). The van der Waals surface area contributed by atoms with Crippen LogP contribution in [0, 0.1) is 0 Å².